The number of carbonyl (C=O) groups is 1. The van der Waals surface area contributed by atoms with Crippen LogP contribution in [0.3, 0.4) is 0 Å². The van der Waals surface area contributed by atoms with Gasteiger partial charge in [0.25, 0.3) is 0 Å². The molecule has 1 aromatic rings. The highest BCUT2D eigenvalue weighted by atomic mass is 16.4. The van der Waals surface area contributed by atoms with Gasteiger partial charge in [-0.05, 0) is 86.2 Å². The van der Waals surface area contributed by atoms with Crippen LogP contribution in [-0.4, -0.2) is 11.1 Å². The van der Waals surface area contributed by atoms with Gasteiger partial charge in [-0.1, -0.05) is 89.5 Å². The average Bonchev–Trinajstić information content (AvgIpc) is 2.85. The van der Waals surface area contributed by atoms with Crippen molar-refractivity contribution in [3.8, 4) is 0 Å². The number of carboxylic acid groups (broad SMARTS) is 1. The topological polar surface area (TPSA) is 37.3 Å². The molecule has 184 valence electrons. The molecule has 0 heterocycles. The Hall–Kier alpha value is -1.31. The highest BCUT2D eigenvalue weighted by Gasteiger charge is 2.53. The molecule has 3 fully saturated rings. The van der Waals surface area contributed by atoms with Gasteiger partial charge in [0, 0.05) is 5.92 Å². The third-order valence-corrected chi connectivity index (χ3v) is 9.98. The van der Waals surface area contributed by atoms with Gasteiger partial charge in [-0.15, -0.1) is 0 Å². The normalized spacial score (nSPS) is 35.3. The number of carboxylic acids is 1. The van der Waals surface area contributed by atoms with Crippen molar-refractivity contribution in [3.63, 3.8) is 0 Å². The van der Waals surface area contributed by atoms with E-state index < -0.39 is 11.4 Å². The molecule has 0 saturated heterocycles. The second-order valence-corrected chi connectivity index (χ2v) is 11.8. The van der Waals surface area contributed by atoms with Crippen LogP contribution in [0.15, 0.2) is 24.3 Å². The third kappa shape index (κ3) is 5.35. The third-order valence-electron chi connectivity index (χ3n) is 9.98. The minimum atomic E-state index is -0.546. The second-order valence-electron chi connectivity index (χ2n) is 11.8. The molecule has 3 saturated carbocycles. The van der Waals surface area contributed by atoms with E-state index in [1.807, 2.05) is 0 Å². The largest absolute Gasteiger partial charge is 0.481 e. The van der Waals surface area contributed by atoms with E-state index in [0.717, 1.165) is 43.9 Å². The summed E-state index contributed by atoms with van der Waals surface area (Å²) in [4.78, 5) is 13.0. The Morgan fingerprint density at radius 2 is 1.33 bits per heavy atom. The van der Waals surface area contributed by atoms with E-state index in [-0.39, 0.29) is 5.92 Å². The van der Waals surface area contributed by atoms with Crippen LogP contribution in [-0.2, 0) is 4.79 Å². The highest BCUT2D eigenvalue weighted by molar-refractivity contribution is 5.77. The van der Waals surface area contributed by atoms with Crippen molar-refractivity contribution in [2.24, 2.45) is 23.2 Å². The summed E-state index contributed by atoms with van der Waals surface area (Å²) in [7, 11) is 0. The van der Waals surface area contributed by atoms with Crippen LogP contribution in [0, 0.1) is 23.2 Å². The monoisotopic (exact) mass is 452 g/mol. The van der Waals surface area contributed by atoms with Crippen molar-refractivity contribution in [2.75, 3.05) is 0 Å². The zero-order valence-corrected chi connectivity index (χ0v) is 21.4. The Balaban J connectivity index is 1.49. The number of rotatable bonds is 8. The van der Waals surface area contributed by atoms with Crippen molar-refractivity contribution in [1.82, 2.24) is 0 Å². The molecule has 4 rings (SSSR count). The van der Waals surface area contributed by atoms with E-state index >= 15 is 0 Å². The van der Waals surface area contributed by atoms with Gasteiger partial charge in [-0.25, -0.2) is 0 Å². The van der Waals surface area contributed by atoms with Crippen LogP contribution < -0.4 is 0 Å². The number of benzene rings is 1. The van der Waals surface area contributed by atoms with E-state index in [1.165, 1.54) is 81.8 Å². The first-order chi connectivity index (χ1) is 16.1. The Morgan fingerprint density at radius 3 is 1.88 bits per heavy atom. The summed E-state index contributed by atoms with van der Waals surface area (Å²) < 4.78 is 0. The van der Waals surface area contributed by atoms with Gasteiger partial charge in [0.1, 0.15) is 0 Å². The lowest BCUT2D eigenvalue weighted by molar-refractivity contribution is -0.159. The molecular formula is C31H48O2. The first kappa shape index (κ1) is 24.8. The minimum Gasteiger partial charge on any atom is -0.481 e. The predicted molar refractivity (Wildman–Crippen MR) is 138 cm³/mol. The molecular weight excluding hydrogens is 404 g/mol. The summed E-state index contributed by atoms with van der Waals surface area (Å²) in [5.74, 6) is 2.50. The second kappa shape index (κ2) is 11.4. The minimum absolute atomic E-state index is 0.186. The van der Waals surface area contributed by atoms with Gasteiger partial charge in [0.05, 0.1) is 5.41 Å². The van der Waals surface area contributed by atoms with Gasteiger partial charge in [-0.3, -0.25) is 4.79 Å². The molecule has 2 nitrogen and oxygen atoms in total. The van der Waals surface area contributed by atoms with Crippen LogP contribution in [0.1, 0.15) is 140 Å². The summed E-state index contributed by atoms with van der Waals surface area (Å²) in [6.45, 7) is 4.59. The molecule has 2 atom stereocenters. The number of hydrogen-bond donors (Lipinski definition) is 1. The number of hydrogen-bond acceptors (Lipinski definition) is 1. The molecule has 0 unspecified atom stereocenters. The summed E-state index contributed by atoms with van der Waals surface area (Å²) in [5, 5.41) is 10.7. The first-order valence-corrected chi connectivity index (χ1v) is 14.4. The van der Waals surface area contributed by atoms with Gasteiger partial charge in [0.15, 0.2) is 0 Å². The Morgan fingerprint density at radius 1 is 0.788 bits per heavy atom. The lowest BCUT2D eigenvalue weighted by atomic mass is 9.54. The van der Waals surface area contributed by atoms with Crippen molar-refractivity contribution in [3.05, 3.63) is 35.4 Å². The zero-order valence-electron chi connectivity index (χ0n) is 21.4. The molecule has 0 aliphatic heterocycles. The fraction of sp³-hybridized carbons (Fsp3) is 0.774. The lowest BCUT2D eigenvalue weighted by Gasteiger charge is -2.48. The molecule has 3 aliphatic carbocycles. The molecule has 0 spiro atoms. The first-order valence-electron chi connectivity index (χ1n) is 14.4. The zero-order chi connectivity index (χ0) is 23.3. The SMILES string of the molecule is CCCC1CCC(c2ccc([C@@H]3CCCC[C@@]3(C(=O)O)C3CCC(CCC)CC3)cc2)CC1. The van der Waals surface area contributed by atoms with E-state index in [1.54, 1.807) is 0 Å². The summed E-state index contributed by atoms with van der Waals surface area (Å²) in [6.07, 6.45) is 19.6. The Kier molecular flexibility index (Phi) is 8.58. The predicted octanol–water partition coefficient (Wildman–Crippen LogP) is 9.10. The molecule has 2 heteroatoms. The van der Waals surface area contributed by atoms with Gasteiger partial charge in [-0.2, -0.15) is 0 Å². The molecule has 0 aromatic heterocycles. The molecule has 0 radical (unpaired) electrons. The van der Waals surface area contributed by atoms with Crippen LogP contribution in [0.5, 0.6) is 0 Å². The van der Waals surface area contributed by atoms with Gasteiger partial charge < -0.3 is 5.11 Å². The molecule has 1 N–H and O–H groups in total. The molecule has 0 bridgehead atoms. The fourth-order valence-electron chi connectivity index (χ4n) is 8.15. The van der Waals surface area contributed by atoms with Crippen LogP contribution in [0.4, 0.5) is 0 Å². The lowest BCUT2D eigenvalue weighted by Crippen LogP contribution is -2.47. The summed E-state index contributed by atoms with van der Waals surface area (Å²) in [6, 6.07) is 9.37. The maximum Gasteiger partial charge on any atom is 0.310 e. The van der Waals surface area contributed by atoms with Crippen molar-refractivity contribution >= 4 is 5.97 Å². The quantitative estimate of drug-likeness (QED) is 0.427. The highest BCUT2D eigenvalue weighted by Crippen LogP contribution is 2.56. The van der Waals surface area contributed by atoms with Gasteiger partial charge in [0.2, 0.25) is 0 Å². The Labute approximate surface area is 202 Å². The van der Waals surface area contributed by atoms with Crippen molar-refractivity contribution in [2.45, 2.75) is 128 Å². The summed E-state index contributed by atoms with van der Waals surface area (Å²) >= 11 is 0. The smallest absolute Gasteiger partial charge is 0.310 e. The van der Waals surface area contributed by atoms with Crippen molar-refractivity contribution < 1.29 is 9.90 Å². The van der Waals surface area contributed by atoms with E-state index in [2.05, 4.69) is 38.1 Å². The standard InChI is InChI=1S/C31H48O2/c1-3-7-23-10-14-25(15-11-23)26-16-18-27(19-17-26)29-9-5-6-22-31(29,30(32)33)28-20-12-24(8-4-2)13-21-28/h16-19,23-25,28-29H,3-15,20-22H2,1-2H3,(H,32,33)/t23?,24?,25?,28?,29-,31+/m0/s1. The molecule has 0 amide bonds. The summed E-state index contributed by atoms with van der Waals surface area (Å²) in [5.41, 5.74) is 2.25. The van der Waals surface area contributed by atoms with Crippen LogP contribution in [0.2, 0.25) is 0 Å². The average molecular weight is 453 g/mol. The number of aliphatic carboxylic acids is 1. The van der Waals surface area contributed by atoms with E-state index in [9.17, 15) is 9.90 Å². The molecule has 3 aliphatic rings. The van der Waals surface area contributed by atoms with Crippen molar-refractivity contribution in [1.29, 1.82) is 0 Å². The van der Waals surface area contributed by atoms with E-state index in [4.69, 9.17) is 0 Å². The van der Waals surface area contributed by atoms with Gasteiger partial charge >= 0.3 is 5.97 Å². The maximum atomic E-state index is 13.0. The van der Waals surface area contributed by atoms with E-state index in [0.29, 0.717) is 11.8 Å². The molecule has 1 aromatic carbocycles. The van der Waals surface area contributed by atoms with Crippen LogP contribution >= 0.6 is 0 Å². The molecule has 33 heavy (non-hydrogen) atoms. The van der Waals surface area contributed by atoms with Crippen LogP contribution in [0.25, 0.3) is 0 Å². The maximum absolute atomic E-state index is 13.0. The fourth-order valence-corrected chi connectivity index (χ4v) is 8.15. The Bertz CT molecular complexity index is 737.